The van der Waals surface area contributed by atoms with E-state index in [1.54, 1.807) is 0 Å². The van der Waals surface area contributed by atoms with Gasteiger partial charge in [-0.15, -0.1) is 0 Å². The van der Waals surface area contributed by atoms with E-state index in [2.05, 4.69) is 49.9 Å². The average molecular weight is 261 g/mol. The summed E-state index contributed by atoms with van der Waals surface area (Å²) in [5.41, 5.74) is 2.21. The highest BCUT2D eigenvalue weighted by Gasteiger charge is 2.41. The number of nitrogens with zero attached hydrogens (tertiary/aromatic N) is 1. The van der Waals surface area contributed by atoms with Gasteiger partial charge in [0.2, 0.25) is 0 Å². The average Bonchev–Trinajstić information content (AvgIpc) is 2.96. The van der Waals surface area contributed by atoms with E-state index < -0.39 is 0 Å². The molecule has 1 aromatic carbocycles. The van der Waals surface area contributed by atoms with Crippen molar-refractivity contribution >= 4 is 0 Å². The first-order chi connectivity index (χ1) is 9.14. The van der Waals surface area contributed by atoms with Crippen molar-refractivity contribution < 1.29 is 5.11 Å². The Morgan fingerprint density at radius 1 is 1.11 bits per heavy atom. The van der Waals surface area contributed by atoms with E-state index in [9.17, 15) is 5.11 Å². The molecule has 2 heteroatoms. The number of hydrogen-bond donors (Lipinski definition) is 1. The lowest BCUT2D eigenvalue weighted by Crippen LogP contribution is -2.51. The van der Waals surface area contributed by atoms with Crippen LogP contribution in [0.15, 0.2) is 24.3 Å². The van der Waals surface area contributed by atoms with Crippen LogP contribution in [0.2, 0.25) is 0 Å². The van der Waals surface area contributed by atoms with E-state index in [1.807, 2.05) is 0 Å². The minimum atomic E-state index is -0.388. The summed E-state index contributed by atoms with van der Waals surface area (Å²) in [6, 6.07) is 8.35. The maximum absolute atomic E-state index is 10.9. The SMILES string of the molecule is CCC(CC)(C(O)c1ccc(C)cc1)N1CCCC1. The van der Waals surface area contributed by atoms with Crippen molar-refractivity contribution in [2.45, 2.75) is 58.1 Å². The Kier molecular flexibility index (Phi) is 4.64. The van der Waals surface area contributed by atoms with Crippen molar-refractivity contribution in [2.24, 2.45) is 0 Å². The third-order valence-electron chi connectivity index (χ3n) is 4.86. The Morgan fingerprint density at radius 2 is 1.63 bits per heavy atom. The van der Waals surface area contributed by atoms with Crippen LogP contribution in [-0.2, 0) is 0 Å². The Balaban J connectivity index is 2.29. The summed E-state index contributed by atoms with van der Waals surface area (Å²) in [5.74, 6) is 0. The first-order valence-corrected chi connectivity index (χ1v) is 7.63. The van der Waals surface area contributed by atoms with Crippen LogP contribution in [0.1, 0.15) is 56.8 Å². The Hall–Kier alpha value is -0.860. The molecule has 1 atom stereocenters. The normalized spacial score (nSPS) is 18.7. The van der Waals surface area contributed by atoms with E-state index >= 15 is 0 Å². The number of hydrogen-bond acceptors (Lipinski definition) is 2. The monoisotopic (exact) mass is 261 g/mol. The quantitative estimate of drug-likeness (QED) is 0.874. The van der Waals surface area contributed by atoms with Gasteiger partial charge in [0.05, 0.1) is 11.6 Å². The molecule has 1 fully saturated rings. The predicted octanol–water partition coefficient (Wildman–Crippen LogP) is 3.68. The Bertz CT molecular complexity index is 388. The van der Waals surface area contributed by atoms with Gasteiger partial charge in [-0.1, -0.05) is 43.7 Å². The molecule has 0 bridgehead atoms. The lowest BCUT2D eigenvalue weighted by molar-refractivity contribution is -0.0295. The minimum Gasteiger partial charge on any atom is -0.386 e. The van der Waals surface area contributed by atoms with Gasteiger partial charge in [-0.3, -0.25) is 4.90 Å². The molecule has 0 aromatic heterocycles. The first kappa shape index (κ1) is 14.5. The van der Waals surface area contributed by atoms with Crippen molar-refractivity contribution in [1.82, 2.24) is 4.90 Å². The maximum atomic E-state index is 10.9. The lowest BCUT2D eigenvalue weighted by Gasteiger charge is -2.44. The maximum Gasteiger partial charge on any atom is 0.0973 e. The van der Waals surface area contributed by atoms with Gasteiger partial charge in [-0.05, 0) is 51.3 Å². The van der Waals surface area contributed by atoms with Gasteiger partial charge in [0, 0.05) is 0 Å². The molecule has 2 rings (SSSR count). The van der Waals surface area contributed by atoms with E-state index in [1.165, 1.54) is 18.4 Å². The number of aryl methyl sites for hydroxylation is 1. The van der Waals surface area contributed by atoms with Gasteiger partial charge in [0.25, 0.3) is 0 Å². The molecule has 1 aromatic rings. The zero-order chi connectivity index (χ0) is 13.9. The van der Waals surface area contributed by atoms with Crippen molar-refractivity contribution in [3.8, 4) is 0 Å². The number of benzene rings is 1. The number of likely N-dealkylation sites (tertiary alicyclic amines) is 1. The molecule has 1 saturated heterocycles. The highest BCUT2D eigenvalue weighted by atomic mass is 16.3. The van der Waals surface area contributed by atoms with Crippen LogP contribution in [0, 0.1) is 6.92 Å². The van der Waals surface area contributed by atoms with E-state index in [0.717, 1.165) is 31.5 Å². The van der Waals surface area contributed by atoms with Crippen LogP contribution < -0.4 is 0 Å². The molecule has 2 nitrogen and oxygen atoms in total. The molecule has 1 heterocycles. The molecule has 1 aliphatic heterocycles. The summed E-state index contributed by atoms with van der Waals surface area (Å²) in [7, 11) is 0. The molecule has 1 aliphatic rings. The molecule has 19 heavy (non-hydrogen) atoms. The van der Waals surface area contributed by atoms with Gasteiger partial charge in [-0.25, -0.2) is 0 Å². The topological polar surface area (TPSA) is 23.5 Å². The van der Waals surface area contributed by atoms with E-state index in [-0.39, 0.29) is 11.6 Å². The van der Waals surface area contributed by atoms with Gasteiger partial charge in [0.15, 0.2) is 0 Å². The van der Waals surface area contributed by atoms with Crippen LogP contribution in [0.5, 0.6) is 0 Å². The number of aliphatic hydroxyl groups is 1. The van der Waals surface area contributed by atoms with Crippen molar-refractivity contribution in [3.63, 3.8) is 0 Å². The Labute approximate surface area is 117 Å². The number of aliphatic hydroxyl groups excluding tert-OH is 1. The molecular formula is C17H27NO. The zero-order valence-corrected chi connectivity index (χ0v) is 12.5. The van der Waals surface area contributed by atoms with Gasteiger partial charge in [0.1, 0.15) is 0 Å². The van der Waals surface area contributed by atoms with E-state index in [0.29, 0.717) is 0 Å². The highest BCUT2D eigenvalue weighted by molar-refractivity contribution is 5.26. The zero-order valence-electron chi connectivity index (χ0n) is 12.5. The summed E-state index contributed by atoms with van der Waals surface area (Å²) in [5, 5.41) is 10.9. The smallest absolute Gasteiger partial charge is 0.0973 e. The molecule has 0 radical (unpaired) electrons. The fraction of sp³-hybridized carbons (Fsp3) is 0.647. The molecule has 0 amide bonds. The third-order valence-corrected chi connectivity index (χ3v) is 4.86. The van der Waals surface area contributed by atoms with Crippen LogP contribution in [0.4, 0.5) is 0 Å². The van der Waals surface area contributed by atoms with Gasteiger partial charge in [-0.2, -0.15) is 0 Å². The second-order valence-corrected chi connectivity index (χ2v) is 5.82. The van der Waals surface area contributed by atoms with Crippen LogP contribution in [0.3, 0.4) is 0 Å². The van der Waals surface area contributed by atoms with Crippen LogP contribution in [-0.4, -0.2) is 28.6 Å². The second-order valence-electron chi connectivity index (χ2n) is 5.82. The van der Waals surface area contributed by atoms with Crippen LogP contribution >= 0.6 is 0 Å². The summed E-state index contributed by atoms with van der Waals surface area (Å²) in [4.78, 5) is 2.51. The largest absolute Gasteiger partial charge is 0.386 e. The van der Waals surface area contributed by atoms with Crippen molar-refractivity contribution in [3.05, 3.63) is 35.4 Å². The fourth-order valence-electron chi connectivity index (χ4n) is 3.48. The lowest BCUT2D eigenvalue weighted by atomic mass is 9.81. The van der Waals surface area contributed by atoms with Crippen molar-refractivity contribution in [2.75, 3.05) is 13.1 Å². The first-order valence-electron chi connectivity index (χ1n) is 7.63. The highest BCUT2D eigenvalue weighted by Crippen LogP contribution is 2.39. The standard InChI is InChI=1S/C17H27NO/c1-4-17(5-2,18-12-6-7-13-18)16(19)15-10-8-14(3)9-11-15/h8-11,16,19H,4-7,12-13H2,1-3H3. The molecule has 0 spiro atoms. The molecule has 1 unspecified atom stereocenters. The molecular weight excluding hydrogens is 234 g/mol. The predicted molar refractivity (Wildman–Crippen MR) is 80.3 cm³/mol. The summed E-state index contributed by atoms with van der Waals surface area (Å²) >= 11 is 0. The second kappa shape index (κ2) is 6.06. The van der Waals surface area contributed by atoms with Gasteiger partial charge < -0.3 is 5.11 Å². The molecule has 1 N–H and O–H groups in total. The molecule has 106 valence electrons. The fourth-order valence-corrected chi connectivity index (χ4v) is 3.48. The summed E-state index contributed by atoms with van der Waals surface area (Å²) in [6.07, 6.45) is 4.14. The minimum absolute atomic E-state index is 0.0915. The third kappa shape index (κ3) is 2.70. The molecule has 0 saturated carbocycles. The van der Waals surface area contributed by atoms with Gasteiger partial charge >= 0.3 is 0 Å². The van der Waals surface area contributed by atoms with Crippen molar-refractivity contribution in [1.29, 1.82) is 0 Å². The van der Waals surface area contributed by atoms with Crippen LogP contribution in [0.25, 0.3) is 0 Å². The Morgan fingerprint density at radius 3 is 2.11 bits per heavy atom. The summed E-state index contributed by atoms with van der Waals surface area (Å²) < 4.78 is 0. The number of rotatable bonds is 5. The summed E-state index contributed by atoms with van der Waals surface area (Å²) in [6.45, 7) is 8.76. The molecule has 0 aliphatic carbocycles. The van der Waals surface area contributed by atoms with E-state index in [4.69, 9.17) is 0 Å².